The van der Waals surface area contributed by atoms with Gasteiger partial charge >= 0.3 is 0 Å². The van der Waals surface area contributed by atoms with E-state index in [1.807, 2.05) is 6.92 Å². The summed E-state index contributed by atoms with van der Waals surface area (Å²) in [5.74, 6) is 0. The summed E-state index contributed by atoms with van der Waals surface area (Å²) >= 11 is 0. The van der Waals surface area contributed by atoms with Crippen molar-refractivity contribution in [1.82, 2.24) is 15.5 Å². The first kappa shape index (κ1) is 11.2. The minimum absolute atomic E-state index is 0.391. The summed E-state index contributed by atoms with van der Waals surface area (Å²) in [4.78, 5) is 0. The smallest absolute Gasteiger partial charge is 0.0626 e. The van der Waals surface area contributed by atoms with E-state index in [4.69, 9.17) is 5.73 Å². The molecule has 4 heteroatoms. The predicted molar refractivity (Wildman–Crippen MR) is 58.3 cm³/mol. The van der Waals surface area contributed by atoms with Crippen molar-refractivity contribution in [2.75, 3.05) is 13.1 Å². The first-order valence-corrected chi connectivity index (χ1v) is 5.09. The van der Waals surface area contributed by atoms with Gasteiger partial charge in [-0.05, 0) is 39.3 Å². The van der Waals surface area contributed by atoms with E-state index in [2.05, 4.69) is 29.4 Å². The number of aromatic amines is 1. The lowest BCUT2D eigenvalue weighted by Gasteiger charge is -2.10. The van der Waals surface area contributed by atoms with Crippen molar-refractivity contribution < 1.29 is 0 Å². The lowest BCUT2D eigenvalue weighted by molar-refractivity contribution is 0.558. The molecule has 0 aromatic carbocycles. The van der Waals surface area contributed by atoms with E-state index < -0.39 is 0 Å². The Bertz CT molecular complexity index is 260. The summed E-state index contributed by atoms with van der Waals surface area (Å²) in [6.45, 7) is 7.82. The van der Waals surface area contributed by atoms with Crippen LogP contribution in [0.3, 0.4) is 0 Å². The van der Waals surface area contributed by atoms with Crippen LogP contribution in [-0.2, 0) is 6.42 Å². The molecule has 0 bridgehead atoms. The van der Waals surface area contributed by atoms with Crippen molar-refractivity contribution >= 4 is 0 Å². The highest BCUT2D eigenvalue weighted by molar-refractivity contribution is 5.23. The Morgan fingerprint density at radius 2 is 2.21 bits per heavy atom. The standard InChI is InChI=1S/C10H20N4/c1-7(6-11)12-5-4-10-8(2)13-14-9(10)3/h7,12H,4-6,11H2,1-3H3,(H,13,14)/t7-/m1/s1. The Kier molecular flexibility index (Phi) is 4.10. The normalized spacial score (nSPS) is 13.1. The molecule has 4 nitrogen and oxygen atoms in total. The monoisotopic (exact) mass is 196 g/mol. The summed E-state index contributed by atoms with van der Waals surface area (Å²) in [5.41, 5.74) is 9.10. The van der Waals surface area contributed by atoms with Crippen LogP contribution in [0.2, 0.25) is 0 Å². The minimum atomic E-state index is 0.391. The number of aryl methyl sites for hydroxylation is 2. The van der Waals surface area contributed by atoms with Crippen molar-refractivity contribution in [3.05, 3.63) is 17.0 Å². The fraction of sp³-hybridized carbons (Fsp3) is 0.700. The molecule has 0 radical (unpaired) electrons. The summed E-state index contributed by atoms with van der Waals surface area (Å²) in [6, 6.07) is 0.391. The van der Waals surface area contributed by atoms with E-state index in [-0.39, 0.29) is 0 Å². The van der Waals surface area contributed by atoms with Gasteiger partial charge in [0.25, 0.3) is 0 Å². The van der Waals surface area contributed by atoms with Gasteiger partial charge in [-0.3, -0.25) is 5.10 Å². The SMILES string of the molecule is Cc1n[nH]c(C)c1CCN[C@H](C)CN. The molecule has 0 saturated heterocycles. The largest absolute Gasteiger partial charge is 0.329 e. The molecule has 1 aromatic heterocycles. The van der Waals surface area contributed by atoms with Crippen LogP contribution in [0.1, 0.15) is 23.9 Å². The van der Waals surface area contributed by atoms with Crippen LogP contribution in [0.25, 0.3) is 0 Å². The second kappa shape index (κ2) is 5.12. The highest BCUT2D eigenvalue weighted by Gasteiger charge is 2.05. The fourth-order valence-corrected chi connectivity index (χ4v) is 1.47. The summed E-state index contributed by atoms with van der Waals surface area (Å²) in [5, 5.41) is 10.5. The Hall–Kier alpha value is -0.870. The fourth-order valence-electron chi connectivity index (χ4n) is 1.47. The average Bonchev–Trinajstić information content (AvgIpc) is 2.48. The molecule has 1 aromatic rings. The van der Waals surface area contributed by atoms with Crippen LogP contribution >= 0.6 is 0 Å². The first-order valence-electron chi connectivity index (χ1n) is 5.09. The lowest BCUT2D eigenvalue weighted by Crippen LogP contribution is -2.34. The number of rotatable bonds is 5. The van der Waals surface area contributed by atoms with Gasteiger partial charge in [0.05, 0.1) is 5.69 Å². The summed E-state index contributed by atoms with van der Waals surface area (Å²) < 4.78 is 0. The zero-order chi connectivity index (χ0) is 10.6. The van der Waals surface area contributed by atoms with Gasteiger partial charge in [0.15, 0.2) is 0 Å². The van der Waals surface area contributed by atoms with E-state index in [1.165, 1.54) is 11.3 Å². The molecule has 0 aliphatic carbocycles. The van der Waals surface area contributed by atoms with Crippen molar-refractivity contribution in [3.8, 4) is 0 Å². The topological polar surface area (TPSA) is 66.7 Å². The molecule has 1 atom stereocenters. The molecule has 0 spiro atoms. The van der Waals surface area contributed by atoms with Crippen molar-refractivity contribution in [2.24, 2.45) is 5.73 Å². The number of aromatic nitrogens is 2. The van der Waals surface area contributed by atoms with Crippen molar-refractivity contribution in [3.63, 3.8) is 0 Å². The highest BCUT2D eigenvalue weighted by atomic mass is 15.1. The molecule has 0 unspecified atom stereocenters. The second-order valence-electron chi connectivity index (χ2n) is 3.75. The Labute approximate surface area is 85.3 Å². The van der Waals surface area contributed by atoms with Crippen LogP contribution in [-0.4, -0.2) is 29.3 Å². The lowest BCUT2D eigenvalue weighted by atomic mass is 10.1. The van der Waals surface area contributed by atoms with Gasteiger partial charge in [0, 0.05) is 18.3 Å². The van der Waals surface area contributed by atoms with Gasteiger partial charge < -0.3 is 11.1 Å². The average molecular weight is 196 g/mol. The molecule has 4 N–H and O–H groups in total. The number of nitrogens with zero attached hydrogens (tertiary/aromatic N) is 1. The molecular formula is C10H20N4. The molecule has 1 heterocycles. The number of H-pyrrole nitrogens is 1. The number of nitrogens with one attached hydrogen (secondary N) is 2. The molecule has 80 valence electrons. The number of hydrogen-bond acceptors (Lipinski definition) is 3. The summed E-state index contributed by atoms with van der Waals surface area (Å²) in [6.07, 6.45) is 1.01. The predicted octanol–water partition coefficient (Wildman–Crippen LogP) is 0.506. The Morgan fingerprint density at radius 1 is 1.50 bits per heavy atom. The molecule has 1 rings (SSSR count). The van der Waals surface area contributed by atoms with Crippen molar-refractivity contribution in [1.29, 1.82) is 0 Å². The van der Waals surface area contributed by atoms with Gasteiger partial charge in [-0.1, -0.05) is 0 Å². The molecule has 0 amide bonds. The van der Waals surface area contributed by atoms with E-state index in [0.29, 0.717) is 12.6 Å². The Balaban J connectivity index is 2.38. The molecule has 0 aliphatic rings. The van der Waals surface area contributed by atoms with E-state index in [0.717, 1.165) is 18.7 Å². The van der Waals surface area contributed by atoms with E-state index >= 15 is 0 Å². The molecule has 0 aliphatic heterocycles. The van der Waals surface area contributed by atoms with E-state index in [9.17, 15) is 0 Å². The maximum atomic E-state index is 5.51. The van der Waals surface area contributed by atoms with Crippen LogP contribution in [0.5, 0.6) is 0 Å². The summed E-state index contributed by atoms with van der Waals surface area (Å²) in [7, 11) is 0. The number of nitrogens with two attached hydrogens (primary N) is 1. The Morgan fingerprint density at radius 3 is 2.71 bits per heavy atom. The molecule has 14 heavy (non-hydrogen) atoms. The first-order chi connectivity index (χ1) is 6.65. The van der Waals surface area contributed by atoms with Gasteiger partial charge in [-0.25, -0.2) is 0 Å². The third-order valence-corrected chi connectivity index (χ3v) is 2.50. The third-order valence-electron chi connectivity index (χ3n) is 2.50. The van der Waals surface area contributed by atoms with Crippen LogP contribution in [0, 0.1) is 13.8 Å². The van der Waals surface area contributed by atoms with Gasteiger partial charge in [-0.2, -0.15) is 5.10 Å². The van der Waals surface area contributed by atoms with Gasteiger partial charge in [0.1, 0.15) is 0 Å². The molecule has 0 saturated carbocycles. The maximum absolute atomic E-state index is 5.51. The van der Waals surface area contributed by atoms with Gasteiger partial charge in [0.2, 0.25) is 0 Å². The number of hydrogen-bond donors (Lipinski definition) is 3. The maximum Gasteiger partial charge on any atom is 0.0626 e. The molecule has 0 fully saturated rings. The zero-order valence-corrected chi connectivity index (χ0v) is 9.22. The van der Waals surface area contributed by atoms with Crippen LogP contribution in [0.4, 0.5) is 0 Å². The minimum Gasteiger partial charge on any atom is -0.329 e. The second-order valence-corrected chi connectivity index (χ2v) is 3.75. The van der Waals surface area contributed by atoms with E-state index in [1.54, 1.807) is 0 Å². The van der Waals surface area contributed by atoms with Crippen LogP contribution in [0.15, 0.2) is 0 Å². The third kappa shape index (κ3) is 2.82. The highest BCUT2D eigenvalue weighted by Crippen LogP contribution is 2.08. The quantitative estimate of drug-likeness (QED) is 0.642. The molecular weight excluding hydrogens is 176 g/mol. The van der Waals surface area contributed by atoms with Gasteiger partial charge in [-0.15, -0.1) is 0 Å². The van der Waals surface area contributed by atoms with Crippen LogP contribution < -0.4 is 11.1 Å². The van der Waals surface area contributed by atoms with Crippen molar-refractivity contribution in [2.45, 2.75) is 33.2 Å². The zero-order valence-electron chi connectivity index (χ0n) is 9.22.